The van der Waals surface area contributed by atoms with Gasteiger partial charge in [-0.3, -0.25) is 24.0 Å². The van der Waals surface area contributed by atoms with Gasteiger partial charge in [0.2, 0.25) is 11.8 Å². The third kappa shape index (κ3) is 5.48. The maximum Gasteiger partial charge on any atom is 0.490 e. The summed E-state index contributed by atoms with van der Waals surface area (Å²) >= 11 is 0. The van der Waals surface area contributed by atoms with Crippen LogP contribution in [0.5, 0.6) is 0 Å². The van der Waals surface area contributed by atoms with E-state index in [1.165, 1.54) is 4.57 Å². The molecule has 0 bridgehead atoms. The summed E-state index contributed by atoms with van der Waals surface area (Å²) in [5, 5.41) is 12.8. The molecular formula is C22H23F3N4O5. The van der Waals surface area contributed by atoms with Crippen LogP contribution in [0.15, 0.2) is 23.0 Å². The molecule has 1 aromatic heterocycles. The quantitative estimate of drug-likeness (QED) is 0.418. The van der Waals surface area contributed by atoms with Crippen LogP contribution in [-0.4, -0.2) is 51.3 Å². The highest BCUT2D eigenvalue weighted by Gasteiger charge is 2.38. The van der Waals surface area contributed by atoms with E-state index >= 15 is 0 Å². The van der Waals surface area contributed by atoms with Gasteiger partial charge in [0, 0.05) is 19.4 Å². The second-order valence-corrected chi connectivity index (χ2v) is 7.95. The zero-order chi connectivity index (χ0) is 25.0. The molecular weight excluding hydrogens is 457 g/mol. The third-order valence-electron chi connectivity index (χ3n) is 5.62. The predicted molar refractivity (Wildman–Crippen MR) is 115 cm³/mol. The van der Waals surface area contributed by atoms with Crippen molar-refractivity contribution in [2.75, 3.05) is 13.1 Å². The van der Waals surface area contributed by atoms with E-state index in [0.29, 0.717) is 17.9 Å². The van der Waals surface area contributed by atoms with E-state index in [1.807, 2.05) is 18.2 Å². The van der Waals surface area contributed by atoms with Gasteiger partial charge in [0.05, 0.1) is 16.6 Å². The largest absolute Gasteiger partial charge is 0.490 e. The van der Waals surface area contributed by atoms with Crippen molar-refractivity contribution in [1.29, 1.82) is 0 Å². The van der Waals surface area contributed by atoms with Crippen molar-refractivity contribution in [3.05, 3.63) is 34.2 Å². The van der Waals surface area contributed by atoms with Crippen LogP contribution in [0, 0.1) is 17.8 Å². The fourth-order valence-corrected chi connectivity index (χ4v) is 3.92. The summed E-state index contributed by atoms with van der Waals surface area (Å²) in [5.41, 5.74) is 1.93. The van der Waals surface area contributed by atoms with Gasteiger partial charge in [-0.1, -0.05) is 17.9 Å². The first-order valence-electron chi connectivity index (χ1n) is 10.6. The van der Waals surface area contributed by atoms with Gasteiger partial charge < -0.3 is 10.4 Å². The normalized spacial score (nSPS) is 19.0. The molecule has 2 amide bonds. The number of carbonyl (C=O) groups excluding carboxylic acids is 2. The molecule has 0 radical (unpaired) electrons. The van der Waals surface area contributed by atoms with Crippen LogP contribution >= 0.6 is 0 Å². The molecule has 0 saturated carbocycles. The number of hydrogen-bond acceptors (Lipinski definition) is 5. The first-order chi connectivity index (χ1) is 16.0. The molecule has 1 aromatic carbocycles. The Kier molecular flexibility index (Phi) is 7.46. The minimum Gasteiger partial charge on any atom is -0.475 e. The van der Waals surface area contributed by atoms with E-state index in [-0.39, 0.29) is 18.0 Å². The van der Waals surface area contributed by atoms with Gasteiger partial charge in [0.15, 0.2) is 0 Å². The van der Waals surface area contributed by atoms with Crippen LogP contribution in [0.3, 0.4) is 0 Å². The Bertz CT molecular complexity index is 1230. The highest BCUT2D eigenvalue weighted by atomic mass is 19.4. The van der Waals surface area contributed by atoms with Crippen LogP contribution in [0.4, 0.5) is 13.2 Å². The summed E-state index contributed by atoms with van der Waals surface area (Å²) in [6, 6.07) is 4.92. The van der Waals surface area contributed by atoms with Gasteiger partial charge in [-0.15, -0.1) is 0 Å². The average molecular weight is 480 g/mol. The first-order valence-corrected chi connectivity index (χ1v) is 10.6. The number of amides is 2. The molecule has 12 heteroatoms. The number of piperidine rings is 2. The summed E-state index contributed by atoms with van der Waals surface area (Å²) in [5.74, 6) is 3.48. The lowest BCUT2D eigenvalue weighted by Crippen LogP contribution is -2.44. The van der Waals surface area contributed by atoms with Gasteiger partial charge in [0.25, 0.3) is 0 Å². The minimum atomic E-state index is -5.08. The highest BCUT2D eigenvalue weighted by molar-refractivity contribution is 6.00. The number of nitrogens with zero attached hydrogens (tertiary/aromatic N) is 2. The van der Waals surface area contributed by atoms with E-state index in [4.69, 9.17) is 9.90 Å². The number of fused-ring (bicyclic) bond motifs is 1. The lowest BCUT2D eigenvalue weighted by atomic mass is 9.98. The number of halogens is 3. The van der Waals surface area contributed by atoms with Crippen LogP contribution in [0.25, 0.3) is 11.0 Å². The van der Waals surface area contributed by atoms with E-state index < -0.39 is 24.1 Å². The number of benzene rings is 1. The number of carboxylic acids is 1. The molecule has 3 heterocycles. The lowest BCUT2D eigenvalue weighted by Gasteiger charge is -2.21. The van der Waals surface area contributed by atoms with Crippen molar-refractivity contribution >= 4 is 28.8 Å². The zero-order valence-corrected chi connectivity index (χ0v) is 18.2. The summed E-state index contributed by atoms with van der Waals surface area (Å²) < 4.78 is 34.8. The SMILES string of the molecule is Cn1c(=O)n([C@@H]2CCC(=O)NC2=O)c2cccc(C#CC3CCNCC3)c21.O=C(O)C(F)(F)F. The number of carboxylic acid groups (broad SMARTS) is 1. The van der Waals surface area contributed by atoms with Gasteiger partial charge in [-0.2, -0.15) is 13.2 Å². The number of rotatable bonds is 1. The molecule has 0 aliphatic carbocycles. The Morgan fingerprint density at radius 1 is 1.15 bits per heavy atom. The number of para-hydroxylation sites is 1. The number of alkyl halides is 3. The Balaban J connectivity index is 0.000000406. The molecule has 3 N–H and O–H groups in total. The van der Waals surface area contributed by atoms with E-state index in [0.717, 1.165) is 37.0 Å². The molecule has 2 aliphatic heterocycles. The molecule has 34 heavy (non-hydrogen) atoms. The Hall–Kier alpha value is -3.59. The summed E-state index contributed by atoms with van der Waals surface area (Å²) in [6.07, 6.45) is -2.47. The molecule has 2 aromatic rings. The fourth-order valence-electron chi connectivity index (χ4n) is 3.92. The van der Waals surface area contributed by atoms with Crippen molar-refractivity contribution in [2.24, 2.45) is 13.0 Å². The van der Waals surface area contributed by atoms with E-state index in [2.05, 4.69) is 22.5 Å². The predicted octanol–water partition coefficient (Wildman–Crippen LogP) is 1.30. The summed E-state index contributed by atoms with van der Waals surface area (Å²) in [7, 11) is 1.70. The summed E-state index contributed by atoms with van der Waals surface area (Å²) in [6.45, 7) is 1.96. The average Bonchev–Trinajstić information content (AvgIpc) is 3.04. The van der Waals surface area contributed by atoms with Crippen LogP contribution in [-0.2, 0) is 21.4 Å². The number of imide groups is 1. The molecule has 2 saturated heterocycles. The topological polar surface area (TPSA) is 122 Å². The third-order valence-corrected chi connectivity index (χ3v) is 5.62. The second kappa shape index (κ2) is 10.1. The fraction of sp³-hybridized carbons (Fsp3) is 0.455. The maximum atomic E-state index is 12.9. The van der Waals surface area contributed by atoms with Crippen LogP contribution in [0.2, 0.25) is 0 Å². The number of nitrogens with one attached hydrogen (secondary N) is 2. The second-order valence-electron chi connectivity index (χ2n) is 7.95. The molecule has 2 fully saturated rings. The number of hydrogen-bond donors (Lipinski definition) is 3. The van der Waals surface area contributed by atoms with Crippen molar-refractivity contribution in [2.45, 2.75) is 37.9 Å². The molecule has 0 spiro atoms. The Morgan fingerprint density at radius 2 is 1.79 bits per heavy atom. The number of carbonyl (C=O) groups is 3. The van der Waals surface area contributed by atoms with Gasteiger partial charge in [-0.25, -0.2) is 9.59 Å². The molecule has 0 unspecified atom stereocenters. The monoisotopic (exact) mass is 480 g/mol. The number of aryl methyl sites for hydroxylation is 1. The zero-order valence-electron chi connectivity index (χ0n) is 18.2. The van der Waals surface area contributed by atoms with Crippen molar-refractivity contribution in [3.63, 3.8) is 0 Å². The van der Waals surface area contributed by atoms with Crippen molar-refractivity contribution in [3.8, 4) is 11.8 Å². The summed E-state index contributed by atoms with van der Waals surface area (Å²) in [4.78, 5) is 45.5. The first kappa shape index (κ1) is 25.0. The van der Waals surface area contributed by atoms with Crippen LogP contribution in [0.1, 0.15) is 37.3 Å². The molecule has 182 valence electrons. The maximum absolute atomic E-state index is 12.9. The smallest absolute Gasteiger partial charge is 0.475 e. The van der Waals surface area contributed by atoms with E-state index in [9.17, 15) is 27.6 Å². The molecule has 9 nitrogen and oxygen atoms in total. The van der Waals surface area contributed by atoms with Crippen molar-refractivity contribution < 1.29 is 32.7 Å². The number of aromatic nitrogens is 2. The minimum absolute atomic E-state index is 0.231. The molecule has 2 aliphatic rings. The van der Waals surface area contributed by atoms with E-state index in [1.54, 1.807) is 11.6 Å². The van der Waals surface area contributed by atoms with Crippen LogP contribution < -0.4 is 16.3 Å². The van der Waals surface area contributed by atoms with Gasteiger partial charge in [0.1, 0.15) is 6.04 Å². The van der Waals surface area contributed by atoms with Gasteiger partial charge >= 0.3 is 17.8 Å². The lowest BCUT2D eigenvalue weighted by molar-refractivity contribution is -0.192. The molecule has 1 atom stereocenters. The highest BCUT2D eigenvalue weighted by Crippen LogP contribution is 2.25. The molecule has 4 rings (SSSR count). The Labute approximate surface area is 191 Å². The Morgan fingerprint density at radius 3 is 2.38 bits per heavy atom. The van der Waals surface area contributed by atoms with Gasteiger partial charge in [-0.05, 0) is 44.5 Å². The number of aliphatic carboxylic acids is 1. The van der Waals surface area contributed by atoms with Crippen molar-refractivity contribution in [1.82, 2.24) is 19.8 Å². The number of imidazole rings is 1. The standard InChI is InChI=1S/C20H22N4O3.C2HF3O2/c1-23-18-14(6-5-13-9-11-21-12-10-13)3-2-4-15(18)24(20(23)27)16-7-8-17(25)22-19(16)26;3-2(4,5)1(6)7/h2-4,13,16,21H,7-12H2,1H3,(H,22,25,26);(H,6,7)/t16-;/m1./s1.